The number of nitrogens with zero attached hydrogens (tertiary/aromatic N) is 5. The largest absolute Gasteiger partial charge is 0.292 e. The lowest BCUT2D eigenvalue weighted by Gasteiger charge is -2.10. The van der Waals surface area contributed by atoms with Crippen molar-refractivity contribution >= 4 is 23.7 Å². The number of hydrazone groups is 1. The summed E-state index contributed by atoms with van der Waals surface area (Å²) in [6.45, 7) is 1.49. The molecule has 0 aliphatic heterocycles. The van der Waals surface area contributed by atoms with E-state index in [2.05, 4.69) is 20.6 Å². The summed E-state index contributed by atoms with van der Waals surface area (Å²) in [7, 11) is 0. The van der Waals surface area contributed by atoms with Crippen LogP contribution in [0.4, 0.5) is 0 Å². The number of hydrogen-bond acceptors (Lipinski definition) is 6. The molecule has 2 aromatic heterocycles. The van der Waals surface area contributed by atoms with Gasteiger partial charge in [0.1, 0.15) is 11.6 Å². The zero-order chi connectivity index (χ0) is 20.1. The first-order valence-electron chi connectivity index (χ1n) is 8.04. The van der Waals surface area contributed by atoms with Gasteiger partial charge in [0.25, 0.3) is 11.5 Å². The van der Waals surface area contributed by atoms with Crippen LogP contribution in [0.2, 0.25) is 5.02 Å². The number of hydrogen-bond donors (Lipinski definition) is 1. The van der Waals surface area contributed by atoms with Gasteiger partial charge < -0.3 is 0 Å². The Morgan fingerprint density at radius 3 is 2.57 bits per heavy atom. The molecule has 3 rings (SSSR count). The fraction of sp³-hybridized carbons (Fsp3) is 0.0526. The molecule has 28 heavy (non-hydrogen) atoms. The maximum atomic E-state index is 12.6. The number of benzene rings is 1. The molecule has 2 heterocycles. The third kappa shape index (κ3) is 3.95. The van der Waals surface area contributed by atoms with Crippen molar-refractivity contribution in [3.63, 3.8) is 0 Å². The zero-order valence-electron chi connectivity index (χ0n) is 14.6. The fourth-order valence-electron chi connectivity index (χ4n) is 2.38. The topological polar surface area (TPSA) is 113 Å². The molecule has 0 spiro atoms. The molecular formula is C19H13ClN6O2. The molecule has 0 unspecified atom stereocenters. The molecule has 138 valence electrons. The number of halogens is 1. The summed E-state index contributed by atoms with van der Waals surface area (Å²) < 4.78 is 0.989. The summed E-state index contributed by atoms with van der Waals surface area (Å²) in [5.41, 5.74) is 2.75. The van der Waals surface area contributed by atoms with Crippen molar-refractivity contribution in [2.75, 3.05) is 0 Å². The van der Waals surface area contributed by atoms with Crippen LogP contribution in [0.25, 0.3) is 5.69 Å². The third-order valence-electron chi connectivity index (χ3n) is 3.82. The van der Waals surface area contributed by atoms with Gasteiger partial charge in [-0.05, 0) is 48.9 Å². The van der Waals surface area contributed by atoms with Crippen LogP contribution in [0, 0.1) is 18.3 Å². The number of aromatic nitrogens is 3. The van der Waals surface area contributed by atoms with E-state index in [1.54, 1.807) is 48.8 Å². The van der Waals surface area contributed by atoms with Gasteiger partial charge in [-0.15, -0.1) is 0 Å². The van der Waals surface area contributed by atoms with Crippen LogP contribution in [-0.4, -0.2) is 26.9 Å². The Kier molecular flexibility index (Phi) is 5.58. The van der Waals surface area contributed by atoms with Gasteiger partial charge in [0.15, 0.2) is 5.69 Å². The average molecular weight is 393 g/mol. The molecule has 0 aliphatic carbocycles. The van der Waals surface area contributed by atoms with Crippen molar-refractivity contribution in [1.82, 2.24) is 20.2 Å². The van der Waals surface area contributed by atoms with Gasteiger partial charge in [-0.2, -0.15) is 20.1 Å². The first-order valence-corrected chi connectivity index (χ1v) is 8.42. The Hall–Kier alpha value is -3.83. The molecule has 9 heteroatoms. The zero-order valence-corrected chi connectivity index (χ0v) is 15.4. The van der Waals surface area contributed by atoms with E-state index in [4.69, 9.17) is 11.6 Å². The summed E-state index contributed by atoms with van der Waals surface area (Å²) in [6, 6.07) is 11.6. The Morgan fingerprint density at radius 2 is 1.93 bits per heavy atom. The molecular weight excluding hydrogens is 380 g/mol. The van der Waals surface area contributed by atoms with E-state index in [-0.39, 0.29) is 16.8 Å². The molecule has 0 fully saturated rings. The minimum Gasteiger partial charge on any atom is -0.266 e. The first kappa shape index (κ1) is 18.9. The van der Waals surface area contributed by atoms with Crippen LogP contribution >= 0.6 is 11.6 Å². The van der Waals surface area contributed by atoms with Gasteiger partial charge in [0, 0.05) is 23.0 Å². The van der Waals surface area contributed by atoms with E-state index in [0.29, 0.717) is 10.7 Å². The second-order valence-electron chi connectivity index (χ2n) is 5.63. The normalized spacial score (nSPS) is 10.6. The maximum absolute atomic E-state index is 12.6. The summed E-state index contributed by atoms with van der Waals surface area (Å²) in [4.78, 5) is 29.0. The summed E-state index contributed by atoms with van der Waals surface area (Å²) in [6.07, 6.45) is 4.63. The highest BCUT2D eigenvalue weighted by atomic mass is 35.5. The predicted molar refractivity (Wildman–Crippen MR) is 104 cm³/mol. The molecule has 1 aromatic carbocycles. The third-order valence-corrected chi connectivity index (χ3v) is 4.07. The molecule has 3 aromatic rings. The van der Waals surface area contributed by atoms with E-state index in [1.165, 1.54) is 13.1 Å². The fourth-order valence-corrected chi connectivity index (χ4v) is 2.50. The summed E-state index contributed by atoms with van der Waals surface area (Å²) in [5, 5.41) is 17.8. The van der Waals surface area contributed by atoms with Crippen LogP contribution < -0.4 is 11.0 Å². The molecule has 0 aliphatic rings. The number of rotatable bonds is 4. The second kappa shape index (κ2) is 8.24. The molecule has 8 nitrogen and oxygen atoms in total. The summed E-state index contributed by atoms with van der Waals surface area (Å²) >= 11 is 5.87. The van der Waals surface area contributed by atoms with Crippen LogP contribution in [0.3, 0.4) is 0 Å². The minimum absolute atomic E-state index is 0.0852. The number of nitriles is 1. The second-order valence-corrected chi connectivity index (χ2v) is 6.07. The minimum atomic E-state index is -0.651. The van der Waals surface area contributed by atoms with Crippen LogP contribution in [0.1, 0.15) is 27.2 Å². The van der Waals surface area contributed by atoms with Crippen molar-refractivity contribution < 1.29 is 4.79 Å². The molecule has 0 saturated carbocycles. The number of amides is 1. The van der Waals surface area contributed by atoms with Crippen molar-refractivity contribution in [3.05, 3.63) is 86.6 Å². The van der Waals surface area contributed by atoms with Gasteiger partial charge in [-0.3, -0.25) is 14.6 Å². The lowest BCUT2D eigenvalue weighted by atomic mass is 10.1. The average Bonchev–Trinajstić information content (AvgIpc) is 2.70. The van der Waals surface area contributed by atoms with Crippen LogP contribution in [-0.2, 0) is 0 Å². The standard InChI is InChI=1S/C19H13ClN6O2/c1-12-16(10-21)19(28)26(15-4-2-14(20)3-5-15)25-17(12)18(27)24-23-11-13-6-8-22-9-7-13/h2-9,11H,1H3,(H,24,27)/b23-11+. The van der Waals surface area contributed by atoms with Crippen molar-refractivity contribution in [1.29, 1.82) is 5.26 Å². The van der Waals surface area contributed by atoms with Crippen molar-refractivity contribution in [3.8, 4) is 11.8 Å². The lowest BCUT2D eigenvalue weighted by Crippen LogP contribution is -2.31. The first-order chi connectivity index (χ1) is 13.5. The number of pyridine rings is 1. The van der Waals surface area contributed by atoms with Gasteiger partial charge in [-0.25, -0.2) is 5.43 Å². The van der Waals surface area contributed by atoms with E-state index < -0.39 is 11.5 Å². The number of nitrogens with one attached hydrogen (secondary N) is 1. The quantitative estimate of drug-likeness (QED) is 0.540. The van der Waals surface area contributed by atoms with Gasteiger partial charge >= 0.3 is 0 Å². The van der Waals surface area contributed by atoms with Gasteiger partial charge in [0.2, 0.25) is 0 Å². The van der Waals surface area contributed by atoms with Gasteiger partial charge in [-0.1, -0.05) is 11.6 Å². The maximum Gasteiger partial charge on any atom is 0.292 e. The Balaban J connectivity index is 1.98. The Morgan fingerprint density at radius 1 is 1.25 bits per heavy atom. The van der Waals surface area contributed by atoms with E-state index in [0.717, 1.165) is 10.2 Å². The van der Waals surface area contributed by atoms with Gasteiger partial charge in [0.05, 0.1) is 11.9 Å². The smallest absolute Gasteiger partial charge is 0.266 e. The molecule has 0 radical (unpaired) electrons. The highest BCUT2D eigenvalue weighted by Gasteiger charge is 2.20. The summed E-state index contributed by atoms with van der Waals surface area (Å²) in [5.74, 6) is -0.651. The molecule has 0 saturated heterocycles. The highest BCUT2D eigenvalue weighted by Crippen LogP contribution is 2.13. The highest BCUT2D eigenvalue weighted by molar-refractivity contribution is 6.30. The van der Waals surface area contributed by atoms with Crippen molar-refractivity contribution in [2.45, 2.75) is 6.92 Å². The van der Waals surface area contributed by atoms with Crippen LogP contribution in [0.15, 0.2) is 58.7 Å². The monoisotopic (exact) mass is 392 g/mol. The predicted octanol–water partition coefficient (Wildman–Crippen LogP) is 2.22. The van der Waals surface area contributed by atoms with Crippen molar-refractivity contribution in [2.24, 2.45) is 5.10 Å². The molecule has 0 atom stereocenters. The van der Waals surface area contributed by atoms with E-state index >= 15 is 0 Å². The molecule has 1 N–H and O–H groups in total. The molecule has 0 bridgehead atoms. The Labute approximate surface area is 164 Å². The van der Waals surface area contributed by atoms with E-state index in [1.807, 2.05) is 6.07 Å². The number of carbonyl (C=O) groups excluding carboxylic acids is 1. The van der Waals surface area contributed by atoms with Crippen LogP contribution in [0.5, 0.6) is 0 Å². The Bertz CT molecular complexity index is 1150. The SMILES string of the molecule is Cc1c(C(=O)N/N=C/c2ccncc2)nn(-c2ccc(Cl)cc2)c(=O)c1C#N. The number of carbonyl (C=O) groups is 1. The van der Waals surface area contributed by atoms with E-state index in [9.17, 15) is 14.9 Å². The lowest BCUT2D eigenvalue weighted by molar-refractivity contribution is 0.0947. The molecule has 1 amide bonds.